The molecule has 0 radical (unpaired) electrons. The monoisotopic (exact) mass is 269 g/mol. The molecule has 1 aromatic rings. The van der Waals surface area contributed by atoms with Crippen molar-refractivity contribution >= 4 is 23.1 Å². The fourth-order valence-corrected chi connectivity index (χ4v) is 2.28. The molecule has 0 unspecified atom stereocenters. The average Bonchev–Trinajstić information content (AvgIpc) is 2.28. The Bertz CT molecular complexity index is 466. The van der Waals surface area contributed by atoms with Gasteiger partial charge in [-0.05, 0) is 18.3 Å². The fourth-order valence-electron chi connectivity index (χ4n) is 2.08. The van der Waals surface area contributed by atoms with Crippen molar-refractivity contribution in [3.05, 3.63) is 27.4 Å². The van der Waals surface area contributed by atoms with Gasteiger partial charge in [-0.25, -0.2) is 4.98 Å². The van der Waals surface area contributed by atoms with Crippen LogP contribution in [0.25, 0.3) is 0 Å². The van der Waals surface area contributed by atoms with Crippen molar-refractivity contribution in [1.29, 1.82) is 0 Å². The highest BCUT2D eigenvalue weighted by molar-refractivity contribution is 6.29. The molecule has 0 aliphatic carbocycles. The Labute approximate surface area is 111 Å². The number of piperidine rings is 1. The van der Waals surface area contributed by atoms with Gasteiger partial charge < -0.3 is 4.90 Å². The molecule has 2 rings (SSSR count). The lowest BCUT2D eigenvalue weighted by Gasteiger charge is -2.37. The number of aromatic nitrogens is 1. The molecule has 5 nitrogen and oxygen atoms in total. The first-order valence-electron chi connectivity index (χ1n) is 5.94. The standard InChI is InChI=1S/C12H16ClN3O2/c1-12(2)3-5-15(6-4-12)11-8-9(16(17)18)7-10(13)14-11/h7-8H,3-6H2,1-2H3. The first-order valence-corrected chi connectivity index (χ1v) is 6.32. The van der Waals surface area contributed by atoms with Crippen molar-refractivity contribution in [1.82, 2.24) is 4.98 Å². The van der Waals surface area contributed by atoms with Crippen LogP contribution in [0.5, 0.6) is 0 Å². The largest absolute Gasteiger partial charge is 0.356 e. The number of hydrogen-bond donors (Lipinski definition) is 0. The predicted molar refractivity (Wildman–Crippen MR) is 71.1 cm³/mol. The van der Waals surface area contributed by atoms with E-state index in [-0.39, 0.29) is 10.8 Å². The lowest BCUT2D eigenvalue weighted by Crippen LogP contribution is -2.37. The Kier molecular flexibility index (Phi) is 3.43. The molecule has 18 heavy (non-hydrogen) atoms. The van der Waals surface area contributed by atoms with Crippen LogP contribution >= 0.6 is 11.6 Å². The van der Waals surface area contributed by atoms with Crippen molar-refractivity contribution in [2.75, 3.05) is 18.0 Å². The van der Waals surface area contributed by atoms with Gasteiger partial charge in [0, 0.05) is 13.1 Å². The number of anilines is 1. The van der Waals surface area contributed by atoms with Crippen LogP contribution in [0.2, 0.25) is 5.15 Å². The second-order valence-corrected chi connectivity index (χ2v) is 5.80. The van der Waals surface area contributed by atoms with Crippen LogP contribution in [0.4, 0.5) is 11.5 Å². The SMILES string of the molecule is CC1(C)CCN(c2cc([N+](=O)[O-])cc(Cl)n2)CC1. The second kappa shape index (κ2) is 4.72. The molecule has 2 heterocycles. The molecule has 1 aliphatic rings. The van der Waals surface area contributed by atoms with Gasteiger partial charge in [0.05, 0.1) is 17.1 Å². The van der Waals surface area contributed by atoms with E-state index in [2.05, 4.69) is 23.7 Å². The van der Waals surface area contributed by atoms with E-state index in [0.717, 1.165) is 25.9 Å². The molecule has 0 spiro atoms. The number of pyridine rings is 1. The molecule has 0 bridgehead atoms. The van der Waals surface area contributed by atoms with Crippen LogP contribution in [0.3, 0.4) is 0 Å². The van der Waals surface area contributed by atoms with Crippen LogP contribution in [-0.2, 0) is 0 Å². The zero-order valence-electron chi connectivity index (χ0n) is 10.5. The van der Waals surface area contributed by atoms with Gasteiger partial charge in [0.15, 0.2) is 0 Å². The molecular weight excluding hydrogens is 254 g/mol. The molecule has 0 amide bonds. The van der Waals surface area contributed by atoms with Crippen molar-refractivity contribution in [2.45, 2.75) is 26.7 Å². The highest BCUT2D eigenvalue weighted by Gasteiger charge is 2.26. The van der Waals surface area contributed by atoms with Gasteiger partial charge >= 0.3 is 0 Å². The number of hydrogen-bond acceptors (Lipinski definition) is 4. The molecule has 0 aromatic carbocycles. The molecule has 1 aromatic heterocycles. The Balaban J connectivity index is 2.21. The zero-order valence-corrected chi connectivity index (χ0v) is 11.3. The maximum Gasteiger partial charge on any atom is 0.276 e. The normalized spacial score (nSPS) is 18.7. The van der Waals surface area contributed by atoms with Gasteiger partial charge in [-0.1, -0.05) is 25.4 Å². The van der Waals surface area contributed by atoms with Crippen molar-refractivity contribution in [2.24, 2.45) is 5.41 Å². The third kappa shape index (κ3) is 2.90. The van der Waals surface area contributed by atoms with Crippen molar-refractivity contribution < 1.29 is 4.92 Å². The van der Waals surface area contributed by atoms with E-state index >= 15 is 0 Å². The number of nitrogens with zero attached hydrogens (tertiary/aromatic N) is 3. The summed E-state index contributed by atoms with van der Waals surface area (Å²) in [5.41, 5.74) is 0.330. The Morgan fingerprint density at radius 3 is 2.56 bits per heavy atom. The summed E-state index contributed by atoms with van der Waals surface area (Å²) in [6.45, 7) is 6.19. The molecule has 1 saturated heterocycles. The van der Waals surface area contributed by atoms with Gasteiger partial charge in [-0.3, -0.25) is 10.1 Å². The van der Waals surface area contributed by atoms with Crippen molar-refractivity contribution in [3.8, 4) is 0 Å². The number of halogens is 1. The molecular formula is C12H16ClN3O2. The third-order valence-corrected chi connectivity index (χ3v) is 3.61. The van der Waals surface area contributed by atoms with Crippen LogP contribution in [-0.4, -0.2) is 23.0 Å². The fraction of sp³-hybridized carbons (Fsp3) is 0.583. The molecule has 1 fully saturated rings. The Morgan fingerprint density at radius 2 is 2.00 bits per heavy atom. The molecule has 6 heteroatoms. The lowest BCUT2D eigenvalue weighted by atomic mass is 9.83. The average molecular weight is 270 g/mol. The van der Waals surface area contributed by atoms with E-state index < -0.39 is 4.92 Å². The molecule has 1 aliphatic heterocycles. The van der Waals surface area contributed by atoms with E-state index in [9.17, 15) is 10.1 Å². The number of nitro groups is 1. The highest BCUT2D eigenvalue weighted by atomic mass is 35.5. The first kappa shape index (κ1) is 13.1. The topological polar surface area (TPSA) is 59.3 Å². The van der Waals surface area contributed by atoms with Crippen LogP contribution < -0.4 is 4.90 Å². The van der Waals surface area contributed by atoms with Crippen molar-refractivity contribution in [3.63, 3.8) is 0 Å². The summed E-state index contributed by atoms with van der Waals surface area (Å²) in [4.78, 5) is 16.6. The summed E-state index contributed by atoms with van der Waals surface area (Å²) in [5, 5.41) is 11.0. The van der Waals surface area contributed by atoms with Gasteiger partial charge in [0.1, 0.15) is 11.0 Å². The third-order valence-electron chi connectivity index (χ3n) is 3.42. The minimum Gasteiger partial charge on any atom is -0.356 e. The van der Waals surface area contributed by atoms with E-state index in [1.165, 1.54) is 12.1 Å². The molecule has 0 atom stereocenters. The number of rotatable bonds is 2. The minimum atomic E-state index is -0.440. The minimum absolute atomic E-state index is 0.00478. The van der Waals surface area contributed by atoms with Crippen LogP contribution in [0.15, 0.2) is 12.1 Å². The summed E-state index contributed by atoms with van der Waals surface area (Å²) in [7, 11) is 0. The molecule has 0 saturated carbocycles. The summed E-state index contributed by atoms with van der Waals surface area (Å²) < 4.78 is 0. The van der Waals surface area contributed by atoms with Gasteiger partial charge in [-0.15, -0.1) is 0 Å². The smallest absolute Gasteiger partial charge is 0.276 e. The summed E-state index contributed by atoms with van der Waals surface area (Å²) in [6.07, 6.45) is 2.10. The van der Waals surface area contributed by atoms with E-state index in [4.69, 9.17) is 11.6 Å². The Hall–Kier alpha value is -1.36. The summed E-state index contributed by atoms with van der Waals surface area (Å²) >= 11 is 5.83. The second-order valence-electron chi connectivity index (χ2n) is 5.41. The maximum absolute atomic E-state index is 10.8. The maximum atomic E-state index is 10.8. The van der Waals surface area contributed by atoms with Crippen LogP contribution in [0.1, 0.15) is 26.7 Å². The van der Waals surface area contributed by atoms with E-state index in [0.29, 0.717) is 11.2 Å². The highest BCUT2D eigenvalue weighted by Crippen LogP contribution is 2.33. The predicted octanol–water partition coefficient (Wildman–Crippen LogP) is 3.27. The van der Waals surface area contributed by atoms with E-state index in [1.54, 1.807) is 0 Å². The molecule has 0 N–H and O–H groups in total. The summed E-state index contributed by atoms with van der Waals surface area (Å²) in [5.74, 6) is 0.602. The first-order chi connectivity index (χ1) is 8.37. The summed E-state index contributed by atoms with van der Waals surface area (Å²) in [6, 6.07) is 2.77. The molecule has 98 valence electrons. The zero-order chi connectivity index (χ0) is 13.3. The van der Waals surface area contributed by atoms with E-state index in [1.807, 2.05) is 0 Å². The van der Waals surface area contributed by atoms with Gasteiger partial charge in [-0.2, -0.15) is 0 Å². The van der Waals surface area contributed by atoms with Crippen LogP contribution in [0, 0.1) is 15.5 Å². The quantitative estimate of drug-likeness (QED) is 0.470. The lowest BCUT2D eigenvalue weighted by molar-refractivity contribution is -0.384. The Morgan fingerprint density at radius 1 is 1.39 bits per heavy atom. The van der Waals surface area contributed by atoms with Gasteiger partial charge in [0.2, 0.25) is 0 Å². The van der Waals surface area contributed by atoms with Gasteiger partial charge in [0.25, 0.3) is 5.69 Å².